The maximum atomic E-state index is 12.8. The Morgan fingerprint density at radius 2 is 2.11 bits per heavy atom. The van der Waals surface area contributed by atoms with Crippen molar-refractivity contribution in [2.45, 2.75) is 32.0 Å². The van der Waals surface area contributed by atoms with Gasteiger partial charge in [-0.3, -0.25) is 0 Å². The summed E-state index contributed by atoms with van der Waals surface area (Å²) in [6, 6.07) is 7.53. The molecule has 0 radical (unpaired) electrons. The molecular weight excluding hydrogens is 344 g/mol. The van der Waals surface area contributed by atoms with Crippen molar-refractivity contribution < 1.29 is 9.53 Å². The molecule has 1 aliphatic carbocycles. The Balaban J connectivity index is 1.45. The molecule has 1 saturated carbocycles. The fourth-order valence-electron chi connectivity index (χ4n) is 3.39. The average molecular weight is 370 g/mol. The van der Waals surface area contributed by atoms with Gasteiger partial charge in [-0.05, 0) is 43.9 Å². The first-order valence-corrected chi connectivity index (χ1v) is 9.40. The highest BCUT2D eigenvalue weighted by Crippen LogP contribution is 2.36. The van der Waals surface area contributed by atoms with Crippen molar-refractivity contribution in [3.8, 4) is 5.69 Å². The maximum Gasteiger partial charge on any atom is 0.322 e. The molecule has 2 fully saturated rings. The summed E-state index contributed by atoms with van der Waals surface area (Å²) in [5.74, 6) is 1.25. The van der Waals surface area contributed by atoms with Gasteiger partial charge in [-0.15, -0.1) is 5.10 Å². The second-order valence-corrected chi connectivity index (χ2v) is 7.59. The molecule has 8 heteroatoms. The Kier molecular flexibility index (Phi) is 4.73. The van der Waals surface area contributed by atoms with E-state index < -0.39 is 0 Å². The lowest BCUT2D eigenvalue weighted by Gasteiger charge is -2.37. The van der Waals surface area contributed by atoms with Crippen LogP contribution in [0.2, 0.25) is 0 Å². The highest BCUT2D eigenvalue weighted by Gasteiger charge is 2.38. The van der Waals surface area contributed by atoms with Gasteiger partial charge in [0.1, 0.15) is 6.33 Å². The van der Waals surface area contributed by atoms with E-state index in [-0.39, 0.29) is 18.2 Å². The number of anilines is 2. The van der Waals surface area contributed by atoms with Crippen LogP contribution < -0.4 is 10.2 Å². The molecule has 2 aliphatic rings. The van der Waals surface area contributed by atoms with Gasteiger partial charge in [0.2, 0.25) is 5.95 Å². The van der Waals surface area contributed by atoms with Gasteiger partial charge in [0.05, 0.1) is 17.9 Å². The summed E-state index contributed by atoms with van der Waals surface area (Å²) in [6.07, 6.45) is 4.33. The summed E-state index contributed by atoms with van der Waals surface area (Å²) in [5, 5.41) is 7.44. The molecule has 1 N–H and O–H groups in total. The summed E-state index contributed by atoms with van der Waals surface area (Å²) >= 11 is 0. The summed E-state index contributed by atoms with van der Waals surface area (Å²) in [6.45, 7) is 3.31. The molecule has 2 atom stereocenters. The average Bonchev–Trinajstić information content (AvgIpc) is 3.37. The fraction of sp³-hybridized carbons (Fsp3) is 0.526. The Morgan fingerprint density at radius 3 is 2.81 bits per heavy atom. The van der Waals surface area contributed by atoms with Gasteiger partial charge < -0.3 is 19.9 Å². The topological polar surface area (TPSA) is 75.5 Å². The number of morpholine rings is 1. The molecule has 1 aliphatic heterocycles. The number of nitrogens with zero attached hydrogens (tertiary/aromatic N) is 5. The van der Waals surface area contributed by atoms with Gasteiger partial charge in [-0.2, -0.15) is 4.98 Å². The molecule has 2 heterocycles. The molecule has 8 nitrogen and oxygen atoms in total. The Bertz CT molecular complexity index is 816. The number of nitrogens with one attached hydrogen (secondary N) is 1. The van der Waals surface area contributed by atoms with Crippen LogP contribution in [-0.2, 0) is 4.74 Å². The Morgan fingerprint density at radius 1 is 1.30 bits per heavy atom. The van der Waals surface area contributed by atoms with Crippen molar-refractivity contribution in [1.29, 1.82) is 0 Å². The molecule has 2 amide bonds. The summed E-state index contributed by atoms with van der Waals surface area (Å²) in [5.41, 5.74) is 1.58. The highest BCUT2D eigenvalue weighted by molar-refractivity contribution is 5.89. The second kappa shape index (κ2) is 7.19. The quantitative estimate of drug-likeness (QED) is 0.894. The molecule has 1 aromatic heterocycles. The zero-order valence-electron chi connectivity index (χ0n) is 16.0. The molecule has 144 valence electrons. The number of hydrogen-bond donors (Lipinski definition) is 1. The third-order valence-electron chi connectivity index (χ3n) is 4.96. The largest absolute Gasteiger partial charge is 0.371 e. The molecular formula is C19H26N6O2. The molecule has 0 unspecified atom stereocenters. The second-order valence-electron chi connectivity index (χ2n) is 7.59. The van der Waals surface area contributed by atoms with Crippen LogP contribution in [0.15, 0.2) is 30.6 Å². The monoisotopic (exact) mass is 370 g/mol. The molecule has 1 saturated heterocycles. The van der Waals surface area contributed by atoms with Crippen LogP contribution in [0.3, 0.4) is 0 Å². The van der Waals surface area contributed by atoms with Gasteiger partial charge in [0.15, 0.2) is 0 Å². The van der Waals surface area contributed by atoms with Crippen molar-refractivity contribution in [3.63, 3.8) is 0 Å². The van der Waals surface area contributed by atoms with E-state index in [4.69, 9.17) is 4.74 Å². The van der Waals surface area contributed by atoms with Crippen molar-refractivity contribution in [1.82, 2.24) is 19.7 Å². The number of benzene rings is 1. The lowest BCUT2D eigenvalue weighted by atomic mass is 10.1. The minimum Gasteiger partial charge on any atom is -0.371 e. The number of carbonyl (C=O) groups excluding carboxylic acids is 1. The van der Waals surface area contributed by atoms with Gasteiger partial charge in [0.25, 0.3) is 0 Å². The van der Waals surface area contributed by atoms with Gasteiger partial charge in [-0.25, -0.2) is 9.48 Å². The number of urea groups is 1. The first kappa shape index (κ1) is 17.8. The van der Waals surface area contributed by atoms with Crippen molar-refractivity contribution in [2.75, 3.05) is 37.4 Å². The predicted octanol–water partition coefficient (Wildman–Crippen LogP) is 2.36. The van der Waals surface area contributed by atoms with Gasteiger partial charge in [-0.1, -0.05) is 6.07 Å². The smallest absolute Gasteiger partial charge is 0.322 e. The first-order chi connectivity index (χ1) is 13.0. The molecule has 4 rings (SSSR count). The van der Waals surface area contributed by atoms with Gasteiger partial charge in [0, 0.05) is 32.9 Å². The van der Waals surface area contributed by atoms with E-state index in [1.165, 1.54) is 12.8 Å². The molecule has 0 bridgehead atoms. The zero-order valence-corrected chi connectivity index (χ0v) is 16.0. The Labute approximate surface area is 159 Å². The van der Waals surface area contributed by atoms with Crippen molar-refractivity contribution in [2.24, 2.45) is 5.92 Å². The third-order valence-corrected chi connectivity index (χ3v) is 4.96. The minimum absolute atomic E-state index is 0.0704. The zero-order chi connectivity index (χ0) is 19.0. The van der Waals surface area contributed by atoms with E-state index in [2.05, 4.69) is 15.4 Å². The molecule has 1 aromatic carbocycles. The van der Waals surface area contributed by atoms with E-state index in [0.717, 1.165) is 11.4 Å². The van der Waals surface area contributed by atoms with E-state index in [1.807, 2.05) is 55.1 Å². The van der Waals surface area contributed by atoms with E-state index >= 15 is 0 Å². The van der Waals surface area contributed by atoms with E-state index in [9.17, 15) is 4.79 Å². The lowest BCUT2D eigenvalue weighted by molar-refractivity contribution is -0.0717. The summed E-state index contributed by atoms with van der Waals surface area (Å²) in [4.78, 5) is 20.7. The third kappa shape index (κ3) is 4.05. The first-order valence-electron chi connectivity index (χ1n) is 9.40. The van der Waals surface area contributed by atoms with Crippen LogP contribution in [0.25, 0.3) is 5.69 Å². The molecule has 0 spiro atoms. The number of hydrogen-bond acceptors (Lipinski definition) is 5. The van der Waals surface area contributed by atoms with Gasteiger partial charge >= 0.3 is 6.03 Å². The lowest BCUT2D eigenvalue weighted by Crippen LogP contribution is -2.51. The van der Waals surface area contributed by atoms with Crippen LogP contribution in [0.5, 0.6) is 0 Å². The van der Waals surface area contributed by atoms with Crippen LogP contribution in [0.1, 0.15) is 19.8 Å². The standard InChI is InChI=1S/C19H26N6O2/c1-13-10-24(11-17(27-13)14-7-8-14)19(26)21-15-5-4-6-16(9-15)25-12-20-18(22-25)23(2)3/h4-6,9,12-14,17H,7-8,10-11H2,1-3H3,(H,21,26)/t13-,17-/m0/s1. The van der Waals surface area contributed by atoms with Crippen molar-refractivity contribution >= 4 is 17.7 Å². The van der Waals surface area contributed by atoms with Crippen LogP contribution in [0, 0.1) is 5.92 Å². The number of amides is 2. The van der Waals surface area contributed by atoms with Crippen LogP contribution >= 0.6 is 0 Å². The number of aromatic nitrogens is 3. The number of carbonyl (C=O) groups is 1. The van der Waals surface area contributed by atoms with E-state index in [1.54, 1.807) is 11.0 Å². The van der Waals surface area contributed by atoms with E-state index in [0.29, 0.717) is 25.0 Å². The van der Waals surface area contributed by atoms with Crippen molar-refractivity contribution in [3.05, 3.63) is 30.6 Å². The summed E-state index contributed by atoms with van der Waals surface area (Å²) in [7, 11) is 3.79. The van der Waals surface area contributed by atoms with Crippen LogP contribution in [-0.4, -0.2) is 65.1 Å². The number of rotatable bonds is 4. The maximum absolute atomic E-state index is 12.8. The van der Waals surface area contributed by atoms with Crippen LogP contribution in [0.4, 0.5) is 16.4 Å². The SMILES string of the molecule is C[C@H]1CN(C(=O)Nc2cccc(-n3cnc(N(C)C)n3)c2)C[C@@H](C2CC2)O1. The molecule has 2 aromatic rings. The normalized spacial score (nSPS) is 22.6. The number of ether oxygens (including phenoxy) is 1. The minimum atomic E-state index is -0.0829. The predicted molar refractivity (Wildman–Crippen MR) is 103 cm³/mol. The molecule has 27 heavy (non-hydrogen) atoms. The highest BCUT2D eigenvalue weighted by atomic mass is 16.5. The Hall–Kier alpha value is -2.61. The fourth-order valence-corrected chi connectivity index (χ4v) is 3.39. The summed E-state index contributed by atoms with van der Waals surface area (Å²) < 4.78 is 7.69.